The van der Waals surface area contributed by atoms with Crippen LogP contribution in [-0.4, -0.2) is 72.1 Å². The molecule has 2 unspecified atom stereocenters. The van der Waals surface area contributed by atoms with Crippen LogP contribution in [-0.2, 0) is 14.6 Å². The van der Waals surface area contributed by atoms with Crippen molar-refractivity contribution < 1.29 is 36.2 Å². The summed E-state index contributed by atoms with van der Waals surface area (Å²) < 4.78 is 76.3. The molecule has 0 radical (unpaired) electrons. The molecule has 15 heteroatoms. The van der Waals surface area contributed by atoms with E-state index in [1.807, 2.05) is 36.1 Å². The fourth-order valence-corrected chi connectivity index (χ4v) is 8.58. The van der Waals surface area contributed by atoms with Gasteiger partial charge < -0.3 is 25.8 Å². The Kier molecular flexibility index (Phi) is 9.73. The fourth-order valence-electron chi connectivity index (χ4n) is 7.91. The summed E-state index contributed by atoms with van der Waals surface area (Å²) in [5.74, 6) is -1.25. The molecule has 0 saturated carbocycles. The molecule has 2 aliphatic heterocycles. The van der Waals surface area contributed by atoms with Crippen molar-refractivity contribution in [1.29, 1.82) is 0 Å². The van der Waals surface area contributed by atoms with E-state index < -0.39 is 34.1 Å². The van der Waals surface area contributed by atoms with Crippen LogP contribution in [0.1, 0.15) is 44.3 Å². The zero-order valence-corrected chi connectivity index (χ0v) is 30.4. The summed E-state index contributed by atoms with van der Waals surface area (Å²) in [6.07, 6.45) is -2.19. The van der Waals surface area contributed by atoms with E-state index in [1.54, 1.807) is 30.5 Å². The van der Waals surface area contributed by atoms with Crippen molar-refractivity contribution in [2.45, 2.75) is 61.9 Å². The van der Waals surface area contributed by atoms with Crippen molar-refractivity contribution >= 4 is 38.5 Å². The summed E-state index contributed by atoms with van der Waals surface area (Å²) in [5.41, 5.74) is 8.01. The van der Waals surface area contributed by atoms with Gasteiger partial charge in [-0.3, -0.25) is 9.78 Å². The van der Waals surface area contributed by atoms with E-state index in [0.717, 1.165) is 29.1 Å². The first kappa shape index (κ1) is 37.1. The first-order valence-corrected chi connectivity index (χ1v) is 19.4. The van der Waals surface area contributed by atoms with Gasteiger partial charge in [0.05, 0.1) is 10.4 Å². The van der Waals surface area contributed by atoms with Gasteiger partial charge in [0, 0.05) is 48.6 Å². The van der Waals surface area contributed by atoms with Gasteiger partial charge >= 0.3 is 12.1 Å². The highest BCUT2D eigenvalue weighted by Crippen LogP contribution is 2.47. The SMILES string of the molecule is CCC1NC(C(=O)O)CC12CCN(c1cc(O[C@H](c3ccc(-c4ccc5ncccc5c4)cc3-c3cccc(S(C)(=O)=O)c3)C(F)(F)F)nc(N)n1)CC2. The van der Waals surface area contributed by atoms with E-state index in [1.165, 1.54) is 30.3 Å². The van der Waals surface area contributed by atoms with Crippen molar-refractivity contribution in [2.75, 3.05) is 30.0 Å². The van der Waals surface area contributed by atoms with Crippen LogP contribution in [0.25, 0.3) is 33.2 Å². The average Bonchev–Trinajstić information content (AvgIpc) is 3.50. The molecule has 2 fully saturated rings. The van der Waals surface area contributed by atoms with E-state index in [-0.39, 0.29) is 44.9 Å². The zero-order valence-electron chi connectivity index (χ0n) is 29.5. The van der Waals surface area contributed by atoms with Gasteiger partial charge in [-0.1, -0.05) is 43.3 Å². The standard InChI is InChI=1S/C39H39F3N6O5S/c1-3-32-38(22-31(45-32)36(49)50)13-16-48(17-14-38)33-21-34(47-37(43)46-33)53-35(39(40,41)42)28-11-9-24(23-10-12-30-26(18-23)7-5-15-44-30)20-29(28)25-6-4-8-27(19-25)54(2,51)52/h4-12,15,18-21,31-32,35,45H,3,13-14,16-17,22H2,1-2H3,(H,49,50)(H2,43,46,47)/t31?,32?,35-/m1/s1. The predicted octanol–water partition coefficient (Wildman–Crippen LogP) is 6.84. The van der Waals surface area contributed by atoms with Gasteiger partial charge in [-0.05, 0) is 89.8 Å². The summed E-state index contributed by atoms with van der Waals surface area (Å²) in [6, 6.07) is 20.2. The summed E-state index contributed by atoms with van der Waals surface area (Å²) in [7, 11) is -3.69. The lowest BCUT2D eigenvalue weighted by Gasteiger charge is -2.43. The minimum Gasteiger partial charge on any atom is -0.480 e. The molecule has 1 spiro atoms. The molecule has 5 aromatic rings. The molecule has 0 bridgehead atoms. The first-order valence-electron chi connectivity index (χ1n) is 17.5. The number of piperidine rings is 1. The van der Waals surface area contributed by atoms with Gasteiger partial charge in [0.2, 0.25) is 17.9 Å². The van der Waals surface area contributed by atoms with Crippen molar-refractivity contribution in [2.24, 2.45) is 5.41 Å². The molecule has 7 rings (SSSR count). The van der Waals surface area contributed by atoms with Crippen LogP contribution in [0, 0.1) is 5.41 Å². The number of aliphatic carboxylic acids is 1. The van der Waals surface area contributed by atoms with E-state index in [0.29, 0.717) is 43.7 Å². The number of aromatic nitrogens is 3. The number of pyridine rings is 1. The summed E-state index contributed by atoms with van der Waals surface area (Å²) >= 11 is 0. The molecule has 3 aromatic carbocycles. The molecular weight excluding hydrogens is 722 g/mol. The van der Waals surface area contributed by atoms with Crippen LogP contribution >= 0.6 is 0 Å². The zero-order chi connectivity index (χ0) is 38.4. The number of fused-ring (bicyclic) bond motifs is 1. The van der Waals surface area contributed by atoms with Crippen LogP contribution in [0.4, 0.5) is 24.9 Å². The molecule has 0 amide bonds. The third-order valence-electron chi connectivity index (χ3n) is 10.6. The van der Waals surface area contributed by atoms with Crippen LogP contribution in [0.3, 0.4) is 0 Å². The number of halogens is 3. The van der Waals surface area contributed by atoms with Gasteiger partial charge in [0.15, 0.2) is 9.84 Å². The molecule has 0 aliphatic carbocycles. The Bertz CT molecular complexity index is 2330. The minimum absolute atomic E-state index is 0.0274. The largest absolute Gasteiger partial charge is 0.480 e. The van der Waals surface area contributed by atoms with Gasteiger partial charge in [-0.25, -0.2) is 8.42 Å². The van der Waals surface area contributed by atoms with Crippen LogP contribution in [0.15, 0.2) is 90.0 Å². The van der Waals surface area contributed by atoms with E-state index in [2.05, 4.69) is 20.3 Å². The Morgan fingerprint density at radius 1 is 1.02 bits per heavy atom. The van der Waals surface area contributed by atoms with E-state index in [4.69, 9.17) is 10.5 Å². The molecule has 11 nitrogen and oxygen atoms in total. The summed E-state index contributed by atoms with van der Waals surface area (Å²) in [6.45, 7) is 2.98. The van der Waals surface area contributed by atoms with Crippen LogP contribution in [0.2, 0.25) is 0 Å². The number of carboxylic acids is 1. The normalized spacial score (nSPS) is 19.2. The first-order chi connectivity index (χ1) is 25.6. The number of hydrogen-bond donors (Lipinski definition) is 3. The minimum atomic E-state index is -4.94. The number of sulfone groups is 1. The topological polar surface area (TPSA) is 161 Å². The van der Waals surface area contributed by atoms with Crippen molar-refractivity contribution in [3.8, 4) is 28.1 Å². The lowest BCUT2D eigenvalue weighted by molar-refractivity contribution is -0.198. The Balaban J connectivity index is 1.24. The fraction of sp³-hybridized carbons (Fsp3) is 0.333. The molecular formula is C39H39F3N6O5S. The number of nitrogens with two attached hydrogens (primary N) is 1. The van der Waals surface area contributed by atoms with Crippen LogP contribution < -0.4 is 20.7 Å². The van der Waals surface area contributed by atoms with Gasteiger partial charge in [-0.15, -0.1) is 0 Å². The maximum Gasteiger partial charge on any atom is 0.429 e. The Labute approximate surface area is 310 Å². The molecule has 4 heterocycles. The lowest BCUT2D eigenvalue weighted by Crippen LogP contribution is -2.46. The number of nitrogens with zero attached hydrogens (tertiary/aromatic N) is 4. The third-order valence-corrected chi connectivity index (χ3v) is 11.7. The third kappa shape index (κ3) is 7.42. The maximum absolute atomic E-state index is 15.2. The number of anilines is 2. The summed E-state index contributed by atoms with van der Waals surface area (Å²) in [5, 5.41) is 13.7. The number of rotatable bonds is 9. The smallest absolute Gasteiger partial charge is 0.429 e. The van der Waals surface area contributed by atoms with Gasteiger partial charge in [-0.2, -0.15) is 23.1 Å². The molecule has 4 N–H and O–H groups in total. The van der Waals surface area contributed by atoms with Gasteiger partial charge in [0.25, 0.3) is 0 Å². The maximum atomic E-state index is 15.2. The lowest BCUT2D eigenvalue weighted by atomic mass is 9.71. The molecule has 3 atom stereocenters. The second kappa shape index (κ2) is 14.2. The summed E-state index contributed by atoms with van der Waals surface area (Å²) in [4.78, 5) is 26.3. The molecule has 54 heavy (non-hydrogen) atoms. The molecule has 2 aromatic heterocycles. The second-order valence-electron chi connectivity index (χ2n) is 14.0. The number of hydrogen-bond acceptors (Lipinski definition) is 10. The number of carbonyl (C=O) groups is 1. The van der Waals surface area contributed by atoms with E-state index in [9.17, 15) is 18.3 Å². The molecule has 2 saturated heterocycles. The quantitative estimate of drug-likeness (QED) is 0.144. The molecule has 2 aliphatic rings. The number of benzene rings is 3. The highest BCUT2D eigenvalue weighted by Gasteiger charge is 2.50. The van der Waals surface area contributed by atoms with Gasteiger partial charge in [0.1, 0.15) is 11.9 Å². The van der Waals surface area contributed by atoms with Crippen molar-refractivity contribution in [3.05, 3.63) is 90.6 Å². The van der Waals surface area contributed by atoms with Crippen LogP contribution in [0.5, 0.6) is 5.88 Å². The number of alkyl halides is 3. The molecule has 282 valence electrons. The Morgan fingerprint density at radius 3 is 2.46 bits per heavy atom. The Hall–Kier alpha value is -5.28. The van der Waals surface area contributed by atoms with E-state index >= 15 is 13.2 Å². The number of nitrogen functional groups attached to an aromatic ring is 1. The highest BCUT2D eigenvalue weighted by molar-refractivity contribution is 7.90. The number of carboxylic acid groups (broad SMARTS) is 1. The predicted molar refractivity (Wildman–Crippen MR) is 199 cm³/mol. The Morgan fingerprint density at radius 2 is 1.76 bits per heavy atom. The highest BCUT2D eigenvalue weighted by atomic mass is 32.2. The monoisotopic (exact) mass is 760 g/mol. The number of ether oxygens (including phenoxy) is 1. The van der Waals surface area contributed by atoms with Crippen molar-refractivity contribution in [1.82, 2.24) is 20.3 Å². The van der Waals surface area contributed by atoms with Crippen molar-refractivity contribution in [3.63, 3.8) is 0 Å². The second-order valence-corrected chi connectivity index (χ2v) is 16.1. The number of nitrogens with one attached hydrogen (secondary N) is 1. The average molecular weight is 761 g/mol.